The zero-order valence-corrected chi connectivity index (χ0v) is 36.4. The Morgan fingerprint density at radius 2 is 0.660 bits per heavy atom. The van der Waals surface area contributed by atoms with Gasteiger partial charge in [0.25, 0.3) is 0 Å². The largest absolute Gasteiger partial charge is 0.481 e. The quantitative estimate of drug-likeness (QED) is 0.0382. The van der Waals surface area contributed by atoms with Crippen molar-refractivity contribution >= 4 is 17.7 Å². The lowest BCUT2D eigenvalue weighted by molar-refractivity contribution is -0.147. The summed E-state index contributed by atoms with van der Waals surface area (Å²) in [6, 6.07) is 0. The number of ether oxygens (including phenoxy) is 1. The molecule has 5 heteroatoms. The molecule has 0 aliphatic heterocycles. The van der Waals surface area contributed by atoms with Crippen molar-refractivity contribution in [3.63, 3.8) is 0 Å². The summed E-state index contributed by atoms with van der Waals surface area (Å²) < 4.78 is 5.32. The molecule has 53 heavy (non-hydrogen) atoms. The van der Waals surface area contributed by atoms with Gasteiger partial charge in [-0.3, -0.25) is 14.4 Å². The fourth-order valence-electron chi connectivity index (χ4n) is 7.12. The lowest BCUT2D eigenvalue weighted by Gasteiger charge is -2.11. The third-order valence-corrected chi connectivity index (χ3v) is 10.8. The number of hydrogen-bond donors (Lipinski definition) is 1. The summed E-state index contributed by atoms with van der Waals surface area (Å²) >= 11 is 0. The molecule has 0 saturated carbocycles. The van der Waals surface area contributed by atoms with Crippen molar-refractivity contribution in [3.8, 4) is 0 Å². The fraction of sp³-hybridized carbons (Fsp3) is 0.938. The Hall–Kier alpha value is -1.39. The predicted molar refractivity (Wildman–Crippen MR) is 230 cm³/mol. The molecule has 5 nitrogen and oxygen atoms in total. The van der Waals surface area contributed by atoms with Gasteiger partial charge in [-0.05, 0) is 25.7 Å². The van der Waals surface area contributed by atoms with Gasteiger partial charge in [0.2, 0.25) is 0 Å². The molecule has 316 valence electrons. The second-order valence-corrected chi connectivity index (χ2v) is 16.2. The highest BCUT2D eigenvalue weighted by molar-refractivity contribution is 5.98. The molecule has 0 aromatic carbocycles. The monoisotopic (exact) mass is 751 g/mol. The molecule has 0 fully saturated rings. The Morgan fingerprint density at radius 3 is 1.00 bits per heavy atom. The highest BCUT2D eigenvalue weighted by Crippen LogP contribution is 2.18. The fourth-order valence-corrected chi connectivity index (χ4v) is 7.12. The molecule has 0 aliphatic carbocycles. The van der Waals surface area contributed by atoms with E-state index < -0.39 is 11.9 Å². The summed E-state index contributed by atoms with van der Waals surface area (Å²) in [6.07, 6.45) is 47.1. The number of carboxylic acids is 1. The first-order valence-electron chi connectivity index (χ1n) is 23.8. The van der Waals surface area contributed by atoms with Crippen LogP contribution in [0.3, 0.4) is 0 Å². The van der Waals surface area contributed by atoms with Crippen LogP contribution in [-0.4, -0.2) is 29.4 Å². The summed E-state index contributed by atoms with van der Waals surface area (Å²) in [5.74, 6) is -1.72. The molecule has 0 amide bonds. The molecule has 0 spiro atoms. The van der Waals surface area contributed by atoms with E-state index >= 15 is 0 Å². The minimum Gasteiger partial charge on any atom is -0.481 e. The highest BCUT2D eigenvalue weighted by Gasteiger charge is 2.24. The van der Waals surface area contributed by atoms with Crippen LogP contribution < -0.4 is 0 Å². The smallest absolute Gasteiger partial charge is 0.314 e. The zero-order valence-electron chi connectivity index (χ0n) is 36.4. The molecule has 0 rings (SSSR count). The van der Waals surface area contributed by atoms with Crippen LogP contribution in [0.4, 0.5) is 0 Å². The first-order chi connectivity index (χ1) is 25.9. The molecule has 0 heterocycles. The van der Waals surface area contributed by atoms with E-state index in [4.69, 9.17) is 4.74 Å². The van der Waals surface area contributed by atoms with E-state index in [9.17, 15) is 19.5 Å². The summed E-state index contributed by atoms with van der Waals surface area (Å²) in [5, 5.41) is 9.34. The van der Waals surface area contributed by atoms with E-state index in [1.54, 1.807) is 0 Å². The third kappa shape index (κ3) is 44.9. The number of Topliss-reactive ketones (excluding diaryl/α,β-unsaturated/α-hetero) is 1. The minimum atomic E-state index is -0.920. The maximum atomic E-state index is 12.2. The standard InChI is InChI=1S/C24H46O3.C24H48O2/c1-3-5-7-9-10-11-12-13-14-15-17-18-20-22(24(26)27)23(25)21-19-16-8-6-4-2;1-3-5-7-9-11-12-13-14-15-16-17-18-20-22-24(25)26-23-21-19-10-8-6-4-2/h22H,3-21H2,1-2H3,(H,26,27);3-23H2,1-2H3. The normalized spacial score (nSPS) is 11.6. The van der Waals surface area contributed by atoms with Crippen molar-refractivity contribution in [3.05, 3.63) is 0 Å². The topological polar surface area (TPSA) is 80.7 Å². The van der Waals surface area contributed by atoms with E-state index in [0.29, 0.717) is 25.9 Å². The summed E-state index contributed by atoms with van der Waals surface area (Å²) in [5.41, 5.74) is 0. The van der Waals surface area contributed by atoms with Gasteiger partial charge in [0.1, 0.15) is 11.7 Å². The van der Waals surface area contributed by atoms with Crippen LogP contribution in [0.25, 0.3) is 0 Å². The number of ketones is 1. The van der Waals surface area contributed by atoms with E-state index in [1.165, 1.54) is 186 Å². The Morgan fingerprint density at radius 1 is 0.377 bits per heavy atom. The van der Waals surface area contributed by atoms with Gasteiger partial charge in [-0.15, -0.1) is 0 Å². The lowest BCUT2D eigenvalue weighted by atomic mass is 9.93. The molecule has 1 N–H and O–H groups in total. The van der Waals surface area contributed by atoms with E-state index in [2.05, 4.69) is 27.7 Å². The van der Waals surface area contributed by atoms with Crippen molar-refractivity contribution in [2.45, 2.75) is 278 Å². The maximum absolute atomic E-state index is 12.2. The molecule has 0 radical (unpaired) electrons. The van der Waals surface area contributed by atoms with Gasteiger partial charge < -0.3 is 9.84 Å². The van der Waals surface area contributed by atoms with Crippen LogP contribution in [0, 0.1) is 5.92 Å². The molecular weight excluding hydrogens is 657 g/mol. The summed E-state index contributed by atoms with van der Waals surface area (Å²) in [4.78, 5) is 35.2. The molecule has 1 atom stereocenters. The summed E-state index contributed by atoms with van der Waals surface area (Å²) in [7, 11) is 0. The Labute approximate surface area is 331 Å². The van der Waals surface area contributed by atoms with Gasteiger partial charge >= 0.3 is 11.9 Å². The number of carbonyl (C=O) groups is 3. The van der Waals surface area contributed by atoms with Crippen molar-refractivity contribution in [2.24, 2.45) is 5.92 Å². The number of carbonyl (C=O) groups excluding carboxylic acids is 2. The minimum absolute atomic E-state index is 0.0154. The molecule has 0 bridgehead atoms. The second kappa shape index (κ2) is 46.8. The number of rotatable bonds is 42. The third-order valence-electron chi connectivity index (χ3n) is 10.8. The highest BCUT2D eigenvalue weighted by atomic mass is 16.5. The van der Waals surface area contributed by atoms with E-state index in [1.807, 2.05) is 0 Å². The van der Waals surface area contributed by atoms with Crippen LogP contribution in [0.1, 0.15) is 278 Å². The van der Waals surface area contributed by atoms with Crippen LogP contribution >= 0.6 is 0 Å². The van der Waals surface area contributed by atoms with Gasteiger partial charge in [-0.1, -0.05) is 240 Å². The van der Waals surface area contributed by atoms with Gasteiger partial charge in [-0.25, -0.2) is 0 Å². The number of aliphatic carboxylic acids is 1. The number of esters is 1. The average molecular weight is 751 g/mol. The van der Waals surface area contributed by atoms with Crippen molar-refractivity contribution in [1.82, 2.24) is 0 Å². The molecule has 0 aliphatic rings. The number of hydrogen-bond acceptors (Lipinski definition) is 4. The first kappa shape index (κ1) is 53.7. The van der Waals surface area contributed by atoms with Crippen molar-refractivity contribution in [1.29, 1.82) is 0 Å². The van der Waals surface area contributed by atoms with Crippen molar-refractivity contribution in [2.75, 3.05) is 6.61 Å². The van der Waals surface area contributed by atoms with Crippen LogP contribution in [0.5, 0.6) is 0 Å². The number of unbranched alkanes of at least 4 members (excludes halogenated alkanes) is 32. The number of carboxylic acid groups (broad SMARTS) is 1. The zero-order chi connectivity index (χ0) is 39.3. The Balaban J connectivity index is 0. The molecule has 0 aromatic rings. The molecular formula is C48H94O5. The average Bonchev–Trinajstić information content (AvgIpc) is 3.15. The van der Waals surface area contributed by atoms with Crippen molar-refractivity contribution < 1.29 is 24.2 Å². The van der Waals surface area contributed by atoms with Gasteiger partial charge in [0.05, 0.1) is 6.61 Å². The maximum Gasteiger partial charge on any atom is 0.314 e. The lowest BCUT2D eigenvalue weighted by Crippen LogP contribution is -2.23. The van der Waals surface area contributed by atoms with Gasteiger partial charge in [-0.2, -0.15) is 0 Å². The Kier molecular flexibility index (Phi) is 47.4. The Bertz CT molecular complexity index is 750. The molecule has 0 saturated heterocycles. The predicted octanol–water partition coefficient (Wildman–Crippen LogP) is 16.1. The molecule has 0 aromatic heterocycles. The van der Waals surface area contributed by atoms with Gasteiger partial charge in [0.15, 0.2) is 0 Å². The summed E-state index contributed by atoms with van der Waals surface area (Å²) in [6.45, 7) is 9.56. The SMILES string of the molecule is CCCCCCCCCCCCCCC(C(=O)O)C(=O)CCCCCCC.CCCCCCCCCCCCCCCC(=O)OCCCCCCCC. The van der Waals surface area contributed by atoms with Crippen LogP contribution in [0.2, 0.25) is 0 Å². The first-order valence-corrected chi connectivity index (χ1v) is 23.8. The van der Waals surface area contributed by atoms with E-state index in [0.717, 1.165) is 44.9 Å². The second-order valence-electron chi connectivity index (χ2n) is 16.2. The van der Waals surface area contributed by atoms with Gasteiger partial charge in [0, 0.05) is 12.8 Å². The van der Waals surface area contributed by atoms with Crippen LogP contribution in [-0.2, 0) is 19.1 Å². The molecule has 1 unspecified atom stereocenters. The van der Waals surface area contributed by atoms with E-state index in [-0.39, 0.29) is 11.8 Å². The van der Waals surface area contributed by atoms with Crippen LogP contribution in [0.15, 0.2) is 0 Å².